The minimum Gasteiger partial charge on any atom is -0.344 e. The van der Waals surface area contributed by atoms with E-state index in [0.717, 1.165) is 41.5 Å². The Morgan fingerprint density at radius 2 is 2.00 bits per heavy atom. The first-order valence-corrected chi connectivity index (χ1v) is 8.54. The van der Waals surface area contributed by atoms with Crippen LogP contribution in [0.15, 0.2) is 24.5 Å². The van der Waals surface area contributed by atoms with Crippen molar-refractivity contribution in [1.29, 1.82) is 0 Å². The first-order chi connectivity index (χ1) is 11.6. The minimum atomic E-state index is 0.104. The Hall–Kier alpha value is -2.21. The molecule has 7 heteroatoms. The summed E-state index contributed by atoms with van der Waals surface area (Å²) >= 11 is 6.09. The van der Waals surface area contributed by atoms with Gasteiger partial charge in [-0.3, -0.25) is 0 Å². The van der Waals surface area contributed by atoms with Gasteiger partial charge in [-0.25, -0.2) is 9.97 Å². The average Bonchev–Trinajstić information content (AvgIpc) is 2.99. The number of nitrogens with zero attached hydrogens (tertiary/aromatic N) is 6. The Balaban J connectivity index is 1.78. The lowest BCUT2D eigenvalue weighted by Gasteiger charge is -2.35. The zero-order valence-corrected chi connectivity index (χ0v) is 14.7. The molecular formula is C17H19ClN6. The molecule has 6 nitrogen and oxygen atoms in total. The van der Waals surface area contributed by atoms with E-state index in [4.69, 9.17) is 11.6 Å². The third kappa shape index (κ3) is 2.33. The molecule has 0 spiro atoms. The summed E-state index contributed by atoms with van der Waals surface area (Å²) in [6.45, 7) is 8.17. The zero-order chi connectivity index (χ0) is 16.8. The molecule has 0 fully saturated rings. The van der Waals surface area contributed by atoms with Gasteiger partial charge in [0.05, 0.1) is 11.6 Å². The number of hydrogen-bond donors (Lipinski definition) is 0. The van der Waals surface area contributed by atoms with Gasteiger partial charge in [-0.2, -0.15) is 0 Å². The van der Waals surface area contributed by atoms with Crippen molar-refractivity contribution in [2.24, 2.45) is 0 Å². The topological polar surface area (TPSA) is 59.7 Å². The standard InChI is InChI=1S/C17H19ClN6/c1-10(2)15-21-22-16-11(3)23(6-7-24(15)16)17-13-5-4-12(18)8-14(13)19-9-20-17/h4-5,8-11H,6-7H2,1-3H3. The van der Waals surface area contributed by atoms with E-state index in [1.54, 1.807) is 6.33 Å². The molecule has 0 N–H and O–H groups in total. The van der Waals surface area contributed by atoms with Crippen LogP contribution < -0.4 is 4.90 Å². The summed E-state index contributed by atoms with van der Waals surface area (Å²) in [7, 11) is 0. The summed E-state index contributed by atoms with van der Waals surface area (Å²) in [5.41, 5.74) is 0.856. The van der Waals surface area contributed by atoms with Crippen molar-refractivity contribution in [3.05, 3.63) is 41.2 Å². The van der Waals surface area contributed by atoms with E-state index in [1.165, 1.54) is 0 Å². The third-order valence-corrected chi connectivity index (χ3v) is 4.81. The molecule has 3 heterocycles. The molecule has 1 atom stereocenters. The molecule has 124 valence electrons. The van der Waals surface area contributed by atoms with Crippen LogP contribution in [0.4, 0.5) is 5.82 Å². The molecule has 0 amide bonds. The van der Waals surface area contributed by atoms with E-state index in [2.05, 4.69) is 50.4 Å². The van der Waals surface area contributed by atoms with Crippen molar-refractivity contribution in [3.8, 4) is 0 Å². The molecular weight excluding hydrogens is 324 g/mol. The Morgan fingerprint density at radius 1 is 1.17 bits per heavy atom. The van der Waals surface area contributed by atoms with Crippen LogP contribution in [0.5, 0.6) is 0 Å². The van der Waals surface area contributed by atoms with Crippen molar-refractivity contribution < 1.29 is 0 Å². The first kappa shape index (κ1) is 15.3. The van der Waals surface area contributed by atoms with E-state index in [0.29, 0.717) is 10.9 Å². The number of fused-ring (bicyclic) bond motifs is 2. The monoisotopic (exact) mass is 342 g/mol. The predicted octanol–water partition coefficient (Wildman–Crippen LogP) is 3.58. The lowest BCUT2D eigenvalue weighted by Crippen LogP contribution is -2.38. The van der Waals surface area contributed by atoms with Gasteiger partial charge >= 0.3 is 0 Å². The van der Waals surface area contributed by atoms with Gasteiger partial charge < -0.3 is 9.47 Å². The number of aromatic nitrogens is 5. The van der Waals surface area contributed by atoms with Gasteiger partial charge in [0.2, 0.25) is 0 Å². The molecule has 1 unspecified atom stereocenters. The molecule has 0 radical (unpaired) electrons. The number of hydrogen-bond acceptors (Lipinski definition) is 5. The molecule has 0 saturated carbocycles. The maximum atomic E-state index is 6.09. The SMILES string of the molecule is CC(C)c1nnc2n1CCN(c1ncnc3cc(Cl)ccc13)C2C. The maximum absolute atomic E-state index is 6.09. The average molecular weight is 343 g/mol. The van der Waals surface area contributed by atoms with Crippen LogP contribution in [0, 0.1) is 0 Å². The van der Waals surface area contributed by atoms with Crippen molar-refractivity contribution in [2.45, 2.75) is 39.3 Å². The largest absolute Gasteiger partial charge is 0.344 e. The van der Waals surface area contributed by atoms with Crippen molar-refractivity contribution >= 4 is 28.3 Å². The van der Waals surface area contributed by atoms with Crippen LogP contribution in [0.25, 0.3) is 10.9 Å². The number of halogens is 1. The molecule has 0 bridgehead atoms. The van der Waals surface area contributed by atoms with Crippen LogP contribution in [0.1, 0.15) is 44.4 Å². The summed E-state index contributed by atoms with van der Waals surface area (Å²) in [4.78, 5) is 11.1. The summed E-state index contributed by atoms with van der Waals surface area (Å²) < 4.78 is 2.24. The third-order valence-electron chi connectivity index (χ3n) is 4.58. The molecule has 1 aliphatic heterocycles. The summed E-state index contributed by atoms with van der Waals surface area (Å²) in [6.07, 6.45) is 1.60. The normalized spacial score (nSPS) is 17.5. The summed E-state index contributed by atoms with van der Waals surface area (Å²) in [5.74, 6) is 3.33. The molecule has 0 saturated heterocycles. The Labute approximate surface area is 145 Å². The smallest absolute Gasteiger partial charge is 0.155 e. The van der Waals surface area contributed by atoms with Gasteiger partial charge in [-0.05, 0) is 25.1 Å². The molecule has 1 aliphatic rings. The Kier molecular flexibility index (Phi) is 3.64. The number of rotatable bonds is 2. The van der Waals surface area contributed by atoms with Crippen molar-refractivity contribution in [1.82, 2.24) is 24.7 Å². The minimum absolute atomic E-state index is 0.104. The van der Waals surface area contributed by atoms with Gasteiger partial charge in [-0.15, -0.1) is 10.2 Å². The second-order valence-corrected chi connectivity index (χ2v) is 6.89. The highest BCUT2D eigenvalue weighted by atomic mass is 35.5. The summed E-state index contributed by atoms with van der Waals surface area (Å²) in [5, 5.41) is 10.5. The maximum Gasteiger partial charge on any atom is 0.155 e. The van der Waals surface area contributed by atoms with Crippen LogP contribution >= 0.6 is 11.6 Å². The highest BCUT2D eigenvalue weighted by Crippen LogP contribution is 2.34. The first-order valence-electron chi connectivity index (χ1n) is 8.16. The number of benzene rings is 1. The van der Waals surface area contributed by atoms with E-state index < -0.39 is 0 Å². The lowest BCUT2D eigenvalue weighted by molar-refractivity contribution is 0.478. The molecule has 2 aromatic heterocycles. The van der Waals surface area contributed by atoms with E-state index in [1.807, 2.05) is 18.2 Å². The zero-order valence-electron chi connectivity index (χ0n) is 13.9. The van der Waals surface area contributed by atoms with E-state index in [9.17, 15) is 0 Å². The van der Waals surface area contributed by atoms with Gasteiger partial charge in [0, 0.05) is 29.4 Å². The van der Waals surface area contributed by atoms with Crippen LogP contribution in [0.2, 0.25) is 5.02 Å². The van der Waals surface area contributed by atoms with Gasteiger partial charge in [0.1, 0.15) is 18.0 Å². The fraction of sp³-hybridized carbons (Fsp3) is 0.412. The quantitative estimate of drug-likeness (QED) is 0.712. The molecule has 24 heavy (non-hydrogen) atoms. The lowest BCUT2D eigenvalue weighted by atomic mass is 10.1. The van der Waals surface area contributed by atoms with Crippen LogP contribution in [-0.2, 0) is 6.54 Å². The second-order valence-electron chi connectivity index (χ2n) is 6.45. The van der Waals surface area contributed by atoms with Crippen molar-refractivity contribution in [3.63, 3.8) is 0 Å². The summed E-state index contributed by atoms with van der Waals surface area (Å²) in [6, 6.07) is 5.84. The van der Waals surface area contributed by atoms with Gasteiger partial charge in [-0.1, -0.05) is 25.4 Å². The molecule has 4 rings (SSSR count). The highest BCUT2D eigenvalue weighted by Gasteiger charge is 2.30. The molecule has 3 aromatic rings. The van der Waals surface area contributed by atoms with E-state index in [-0.39, 0.29) is 6.04 Å². The van der Waals surface area contributed by atoms with Crippen LogP contribution in [0.3, 0.4) is 0 Å². The van der Waals surface area contributed by atoms with E-state index >= 15 is 0 Å². The van der Waals surface area contributed by atoms with Crippen LogP contribution in [-0.4, -0.2) is 31.3 Å². The Bertz CT molecular complexity index is 903. The fourth-order valence-corrected chi connectivity index (χ4v) is 3.53. The fourth-order valence-electron chi connectivity index (χ4n) is 3.37. The highest BCUT2D eigenvalue weighted by molar-refractivity contribution is 6.31. The second kappa shape index (κ2) is 5.70. The molecule has 0 aliphatic carbocycles. The van der Waals surface area contributed by atoms with Gasteiger partial charge in [0.15, 0.2) is 5.82 Å². The van der Waals surface area contributed by atoms with Crippen molar-refractivity contribution in [2.75, 3.05) is 11.4 Å². The molecule has 1 aromatic carbocycles. The Morgan fingerprint density at radius 3 is 2.79 bits per heavy atom. The predicted molar refractivity (Wildman–Crippen MR) is 94.4 cm³/mol. The van der Waals surface area contributed by atoms with Gasteiger partial charge in [0.25, 0.3) is 0 Å². The number of anilines is 1.